The molecule has 0 bridgehead atoms. The molecule has 2 rings (SSSR count). The quantitative estimate of drug-likeness (QED) is 0.825. The zero-order valence-corrected chi connectivity index (χ0v) is 14.8. The molecule has 0 amide bonds. The van der Waals surface area contributed by atoms with Crippen molar-refractivity contribution >= 4 is 0 Å². The molecule has 1 aromatic carbocycles. The highest BCUT2D eigenvalue weighted by Crippen LogP contribution is 2.35. The molecule has 1 nitrogen and oxygen atoms in total. The fourth-order valence-electron chi connectivity index (χ4n) is 3.88. The van der Waals surface area contributed by atoms with E-state index in [1.807, 2.05) is 0 Å². The molecule has 1 N–H and O–H groups in total. The summed E-state index contributed by atoms with van der Waals surface area (Å²) in [6.07, 6.45) is 5.49. The fraction of sp³-hybridized carbons (Fsp3) is 0.700. The second-order valence-electron chi connectivity index (χ2n) is 8.16. The van der Waals surface area contributed by atoms with E-state index in [1.54, 1.807) is 5.56 Å². The Kier molecular flexibility index (Phi) is 5.14. The fourth-order valence-corrected chi connectivity index (χ4v) is 3.88. The number of aryl methyl sites for hydroxylation is 3. The van der Waals surface area contributed by atoms with E-state index < -0.39 is 0 Å². The lowest BCUT2D eigenvalue weighted by Gasteiger charge is -2.27. The molecular weight excluding hydrogens is 254 g/mol. The van der Waals surface area contributed by atoms with Crippen LogP contribution in [-0.2, 0) is 6.42 Å². The summed E-state index contributed by atoms with van der Waals surface area (Å²) in [6.45, 7) is 14.8. The largest absolute Gasteiger partial charge is 0.312 e. The van der Waals surface area contributed by atoms with Crippen LogP contribution in [0.1, 0.15) is 62.3 Å². The first-order valence-corrected chi connectivity index (χ1v) is 8.58. The van der Waals surface area contributed by atoms with Crippen LogP contribution in [0.15, 0.2) is 12.1 Å². The highest BCUT2D eigenvalue weighted by molar-refractivity contribution is 5.37. The minimum atomic E-state index is 0.239. The van der Waals surface area contributed by atoms with Gasteiger partial charge in [-0.3, -0.25) is 0 Å². The summed E-state index contributed by atoms with van der Waals surface area (Å²) in [6, 6.07) is 4.69. The van der Waals surface area contributed by atoms with Crippen molar-refractivity contribution in [2.45, 2.75) is 72.8 Å². The molecule has 2 unspecified atom stereocenters. The van der Waals surface area contributed by atoms with Crippen LogP contribution in [0.5, 0.6) is 0 Å². The lowest BCUT2D eigenvalue weighted by atomic mass is 9.85. The van der Waals surface area contributed by atoms with E-state index in [-0.39, 0.29) is 5.54 Å². The molecule has 0 aliphatic heterocycles. The molecule has 0 spiro atoms. The number of hydrogen-bond acceptors (Lipinski definition) is 1. The Labute approximate surface area is 131 Å². The van der Waals surface area contributed by atoms with Crippen LogP contribution in [0.4, 0.5) is 0 Å². The van der Waals surface area contributed by atoms with E-state index in [2.05, 4.69) is 59.0 Å². The van der Waals surface area contributed by atoms with Gasteiger partial charge in [-0.1, -0.05) is 24.1 Å². The molecule has 1 fully saturated rings. The molecule has 1 aromatic rings. The van der Waals surface area contributed by atoms with Gasteiger partial charge in [0.2, 0.25) is 0 Å². The van der Waals surface area contributed by atoms with Crippen molar-refractivity contribution in [2.24, 2.45) is 11.8 Å². The molecule has 1 aliphatic carbocycles. The van der Waals surface area contributed by atoms with Gasteiger partial charge in [-0.05, 0) is 95.9 Å². The number of hydrogen-bond donors (Lipinski definition) is 1. The van der Waals surface area contributed by atoms with Crippen molar-refractivity contribution < 1.29 is 0 Å². The monoisotopic (exact) mass is 287 g/mol. The van der Waals surface area contributed by atoms with Crippen LogP contribution < -0.4 is 5.32 Å². The Morgan fingerprint density at radius 3 is 2.14 bits per heavy atom. The number of benzene rings is 1. The second kappa shape index (κ2) is 6.52. The highest BCUT2D eigenvalue weighted by atomic mass is 14.9. The molecule has 1 saturated carbocycles. The molecule has 118 valence electrons. The van der Waals surface area contributed by atoms with Gasteiger partial charge in [-0.15, -0.1) is 0 Å². The smallest absolute Gasteiger partial charge is 0.00966 e. The van der Waals surface area contributed by atoms with Gasteiger partial charge in [0.05, 0.1) is 0 Å². The molecular formula is C20H33N. The summed E-state index contributed by atoms with van der Waals surface area (Å²) in [4.78, 5) is 0. The van der Waals surface area contributed by atoms with E-state index in [0.29, 0.717) is 0 Å². The van der Waals surface area contributed by atoms with Gasteiger partial charge in [-0.25, -0.2) is 0 Å². The van der Waals surface area contributed by atoms with Crippen LogP contribution in [-0.4, -0.2) is 12.1 Å². The van der Waals surface area contributed by atoms with Crippen molar-refractivity contribution in [3.05, 3.63) is 34.4 Å². The van der Waals surface area contributed by atoms with Gasteiger partial charge in [0.15, 0.2) is 0 Å². The van der Waals surface area contributed by atoms with E-state index in [9.17, 15) is 0 Å². The molecule has 2 atom stereocenters. The van der Waals surface area contributed by atoms with Crippen LogP contribution in [0.2, 0.25) is 0 Å². The summed E-state index contributed by atoms with van der Waals surface area (Å²) in [5.74, 6) is 1.71. The maximum atomic E-state index is 3.72. The Morgan fingerprint density at radius 1 is 1.00 bits per heavy atom. The van der Waals surface area contributed by atoms with E-state index >= 15 is 0 Å². The minimum Gasteiger partial charge on any atom is -0.312 e. The normalized spacial score (nSPS) is 22.8. The van der Waals surface area contributed by atoms with E-state index in [1.165, 1.54) is 48.9 Å². The Bertz CT molecular complexity index is 458. The second-order valence-corrected chi connectivity index (χ2v) is 8.16. The highest BCUT2D eigenvalue weighted by Gasteiger charge is 2.28. The predicted octanol–water partition coefficient (Wildman–Crippen LogP) is 4.96. The summed E-state index contributed by atoms with van der Waals surface area (Å²) in [5.41, 5.74) is 6.21. The Morgan fingerprint density at radius 2 is 1.57 bits per heavy atom. The third-order valence-electron chi connectivity index (χ3n) is 5.02. The Hall–Kier alpha value is -0.820. The molecule has 0 radical (unpaired) electrons. The van der Waals surface area contributed by atoms with Crippen LogP contribution in [0, 0.1) is 32.6 Å². The van der Waals surface area contributed by atoms with E-state index in [0.717, 1.165) is 11.8 Å². The zero-order chi connectivity index (χ0) is 15.6. The molecule has 1 heteroatoms. The van der Waals surface area contributed by atoms with Crippen LogP contribution in [0.25, 0.3) is 0 Å². The minimum absolute atomic E-state index is 0.239. The maximum Gasteiger partial charge on any atom is 0.00966 e. The average molecular weight is 287 g/mol. The van der Waals surface area contributed by atoms with Gasteiger partial charge < -0.3 is 5.32 Å². The third kappa shape index (κ3) is 4.57. The first-order valence-electron chi connectivity index (χ1n) is 8.58. The van der Waals surface area contributed by atoms with Gasteiger partial charge in [0.25, 0.3) is 0 Å². The van der Waals surface area contributed by atoms with Gasteiger partial charge >= 0.3 is 0 Å². The van der Waals surface area contributed by atoms with Crippen molar-refractivity contribution in [2.75, 3.05) is 6.54 Å². The van der Waals surface area contributed by atoms with Gasteiger partial charge in [0, 0.05) is 5.54 Å². The first kappa shape index (κ1) is 16.5. The predicted molar refractivity (Wildman–Crippen MR) is 92.9 cm³/mol. The maximum absolute atomic E-state index is 3.72. The third-order valence-corrected chi connectivity index (χ3v) is 5.02. The number of rotatable bonds is 4. The SMILES string of the molecule is Cc1cc(C)c(CC2CCCC2CNC(C)(C)C)c(C)c1. The lowest BCUT2D eigenvalue weighted by Crippen LogP contribution is -2.40. The molecule has 21 heavy (non-hydrogen) atoms. The van der Waals surface area contributed by atoms with Gasteiger partial charge in [-0.2, -0.15) is 0 Å². The molecule has 1 aliphatic rings. The number of nitrogens with one attached hydrogen (secondary N) is 1. The Balaban J connectivity index is 2.05. The topological polar surface area (TPSA) is 12.0 Å². The summed E-state index contributed by atoms with van der Waals surface area (Å²) in [7, 11) is 0. The zero-order valence-electron chi connectivity index (χ0n) is 14.8. The van der Waals surface area contributed by atoms with Crippen molar-refractivity contribution in [3.8, 4) is 0 Å². The molecule has 0 aromatic heterocycles. The average Bonchev–Trinajstić information content (AvgIpc) is 2.77. The van der Waals surface area contributed by atoms with Crippen LogP contribution in [0.3, 0.4) is 0 Å². The van der Waals surface area contributed by atoms with E-state index in [4.69, 9.17) is 0 Å². The van der Waals surface area contributed by atoms with Crippen molar-refractivity contribution in [1.29, 1.82) is 0 Å². The first-order chi connectivity index (χ1) is 9.76. The summed E-state index contributed by atoms with van der Waals surface area (Å²) in [5, 5.41) is 3.72. The van der Waals surface area contributed by atoms with Crippen molar-refractivity contribution in [3.63, 3.8) is 0 Å². The standard InChI is InChI=1S/C20H33N/c1-14-10-15(2)19(16(3)11-14)12-17-8-7-9-18(17)13-21-20(4,5)6/h10-11,17-18,21H,7-9,12-13H2,1-6H3. The van der Waals surface area contributed by atoms with Crippen LogP contribution >= 0.6 is 0 Å². The molecule has 0 saturated heterocycles. The van der Waals surface area contributed by atoms with Gasteiger partial charge in [0.1, 0.15) is 0 Å². The van der Waals surface area contributed by atoms with Crippen molar-refractivity contribution in [1.82, 2.24) is 5.32 Å². The summed E-state index contributed by atoms with van der Waals surface area (Å²) >= 11 is 0. The molecule has 0 heterocycles. The lowest BCUT2D eigenvalue weighted by molar-refractivity contribution is 0.316. The summed E-state index contributed by atoms with van der Waals surface area (Å²) < 4.78 is 0.